The summed E-state index contributed by atoms with van der Waals surface area (Å²) in [6, 6.07) is 2.26. The van der Waals surface area contributed by atoms with Crippen LogP contribution >= 0.6 is 23.1 Å². The summed E-state index contributed by atoms with van der Waals surface area (Å²) in [6.45, 7) is 11.2. The van der Waals surface area contributed by atoms with E-state index in [0.717, 1.165) is 6.42 Å². The van der Waals surface area contributed by atoms with Crippen molar-refractivity contribution in [3.05, 3.63) is 33.8 Å². The summed E-state index contributed by atoms with van der Waals surface area (Å²) in [5.41, 5.74) is 2.80. The fraction of sp³-hybridized carbons (Fsp3) is 0.571. The van der Waals surface area contributed by atoms with E-state index in [4.69, 9.17) is 0 Å². The topological polar surface area (TPSA) is 25.8 Å². The fourth-order valence-electron chi connectivity index (χ4n) is 1.84. The lowest BCUT2D eigenvalue weighted by Gasteiger charge is -2.22. The van der Waals surface area contributed by atoms with Crippen LogP contribution in [0.4, 0.5) is 0 Å². The molecular weight excluding hydrogens is 260 g/mol. The van der Waals surface area contributed by atoms with Crippen molar-refractivity contribution in [1.29, 1.82) is 0 Å². The van der Waals surface area contributed by atoms with Gasteiger partial charge in [0, 0.05) is 16.5 Å². The Hall–Kier alpha value is -0.740. The van der Waals surface area contributed by atoms with Crippen LogP contribution in [0.5, 0.6) is 0 Å². The van der Waals surface area contributed by atoms with Crippen molar-refractivity contribution in [2.24, 2.45) is 0 Å². The van der Waals surface area contributed by atoms with Gasteiger partial charge in [0.05, 0.1) is 5.69 Å². The minimum atomic E-state index is 0.107. The zero-order valence-electron chi connectivity index (χ0n) is 11.7. The Morgan fingerprint density at radius 1 is 1.17 bits per heavy atom. The van der Waals surface area contributed by atoms with E-state index in [-0.39, 0.29) is 10.8 Å². The van der Waals surface area contributed by atoms with Gasteiger partial charge in [0.15, 0.2) is 0 Å². The van der Waals surface area contributed by atoms with Crippen LogP contribution in [-0.2, 0) is 17.3 Å². The Morgan fingerprint density at radius 3 is 2.39 bits per heavy atom. The van der Waals surface area contributed by atoms with Crippen LogP contribution in [-0.4, -0.2) is 8.75 Å². The molecule has 0 radical (unpaired) electrons. The minimum Gasteiger partial charge on any atom is -0.201 e. The van der Waals surface area contributed by atoms with Gasteiger partial charge in [-0.05, 0) is 51.9 Å². The molecule has 0 amide bonds. The molecule has 2 nitrogen and oxygen atoms in total. The molecule has 2 aromatic heterocycles. The zero-order valence-corrected chi connectivity index (χ0v) is 13.3. The molecule has 0 saturated heterocycles. The normalized spacial score (nSPS) is 12.9. The van der Waals surface area contributed by atoms with Crippen molar-refractivity contribution in [3.8, 4) is 0 Å². The number of hydrogen-bond donors (Lipinski definition) is 0. The molecule has 2 heterocycles. The first-order valence-electron chi connectivity index (χ1n) is 6.15. The van der Waals surface area contributed by atoms with Crippen LogP contribution in [0.2, 0.25) is 0 Å². The lowest BCUT2D eigenvalue weighted by atomic mass is 9.82. The molecule has 98 valence electrons. The highest BCUT2D eigenvalue weighted by Crippen LogP contribution is 2.31. The molecule has 0 atom stereocenters. The molecule has 0 unspecified atom stereocenters. The average molecular weight is 280 g/mol. The van der Waals surface area contributed by atoms with Gasteiger partial charge in [-0.15, -0.1) is 0 Å². The molecule has 2 aromatic rings. The lowest BCUT2D eigenvalue weighted by Crippen LogP contribution is -2.19. The quantitative estimate of drug-likeness (QED) is 0.832. The van der Waals surface area contributed by atoms with E-state index in [0.29, 0.717) is 0 Å². The highest BCUT2D eigenvalue weighted by molar-refractivity contribution is 7.06. The minimum absolute atomic E-state index is 0.107. The molecule has 0 N–H and O–H groups in total. The Morgan fingerprint density at radius 2 is 1.89 bits per heavy atom. The van der Waals surface area contributed by atoms with E-state index in [9.17, 15) is 0 Å². The number of aromatic nitrogens is 2. The standard InChI is InChI=1S/C14H20N2S2/c1-13(2,3)12-6-11(16-18-12)7-14(4,5)10-8-15-17-9-10/h6,8-9H,7H2,1-5H3. The van der Waals surface area contributed by atoms with E-state index in [1.807, 2.05) is 6.20 Å². The van der Waals surface area contributed by atoms with Crippen molar-refractivity contribution in [1.82, 2.24) is 8.75 Å². The summed E-state index contributed by atoms with van der Waals surface area (Å²) in [7, 11) is 0. The zero-order chi connectivity index (χ0) is 13.4. The van der Waals surface area contributed by atoms with Crippen molar-refractivity contribution in [2.45, 2.75) is 51.9 Å². The molecule has 0 aliphatic rings. The van der Waals surface area contributed by atoms with Crippen LogP contribution in [0.1, 0.15) is 50.8 Å². The molecule has 0 aliphatic heterocycles. The van der Waals surface area contributed by atoms with Gasteiger partial charge in [-0.3, -0.25) is 0 Å². The highest BCUT2D eigenvalue weighted by atomic mass is 32.1. The van der Waals surface area contributed by atoms with Gasteiger partial charge in [-0.1, -0.05) is 34.6 Å². The molecule has 0 saturated carbocycles. The molecule has 2 rings (SSSR count). The fourth-order valence-corrected chi connectivity index (χ4v) is 3.37. The van der Waals surface area contributed by atoms with Gasteiger partial charge in [0.25, 0.3) is 0 Å². The van der Waals surface area contributed by atoms with Gasteiger partial charge in [0.1, 0.15) is 0 Å². The summed E-state index contributed by atoms with van der Waals surface area (Å²) in [5.74, 6) is 0. The van der Waals surface area contributed by atoms with Crippen LogP contribution in [0.15, 0.2) is 17.6 Å². The van der Waals surface area contributed by atoms with Crippen LogP contribution in [0.3, 0.4) is 0 Å². The summed E-state index contributed by atoms with van der Waals surface area (Å²) < 4.78 is 8.80. The van der Waals surface area contributed by atoms with Crippen molar-refractivity contribution in [3.63, 3.8) is 0 Å². The maximum absolute atomic E-state index is 4.60. The highest BCUT2D eigenvalue weighted by Gasteiger charge is 2.25. The molecular formula is C14H20N2S2. The molecule has 0 spiro atoms. The van der Waals surface area contributed by atoms with Crippen molar-refractivity contribution < 1.29 is 0 Å². The van der Waals surface area contributed by atoms with Crippen molar-refractivity contribution >= 4 is 23.1 Å². The molecule has 4 heteroatoms. The second-order valence-electron chi connectivity index (χ2n) is 6.41. The summed E-state index contributed by atoms with van der Waals surface area (Å²) in [6.07, 6.45) is 2.94. The molecule has 0 aromatic carbocycles. The first kappa shape index (κ1) is 13.7. The average Bonchev–Trinajstić information content (AvgIpc) is 2.83. The van der Waals surface area contributed by atoms with Gasteiger partial charge in [-0.25, -0.2) is 4.37 Å². The molecule has 18 heavy (non-hydrogen) atoms. The predicted molar refractivity (Wildman–Crippen MR) is 79.7 cm³/mol. The van der Waals surface area contributed by atoms with E-state index < -0.39 is 0 Å². The largest absolute Gasteiger partial charge is 0.201 e. The third-order valence-electron chi connectivity index (χ3n) is 3.14. The first-order valence-corrected chi connectivity index (χ1v) is 7.76. The number of hydrogen-bond acceptors (Lipinski definition) is 4. The Labute approximate surface area is 117 Å². The molecule has 0 aliphatic carbocycles. The Balaban J connectivity index is 2.17. The third kappa shape index (κ3) is 2.98. The predicted octanol–water partition coefficient (Wildman–Crippen LogP) is 4.42. The summed E-state index contributed by atoms with van der Waals surface area (Å²) in [5, 5.41) is 2.14. The first-order chi connectivity index (χ1) is 8.29. The van der Waals surface area contributed by atoms with Gasteiger partial charge in [-0.2, -0.15) is 4.37 Å². The van der Waals surface area contributed by atoms with Crippen molar-refractivity contribution in [2.75, 3.05) is 0 Å². The van der Waals surface area contributed by atoms with Crippen LogP contribution in [0, 0.1) is 0 Å². The smallest absolute Gasteiger partial charge is 0.0553 e. The monoisotopic (exact) mass is 280 g/mol. The van der Waals surface area contributed by atoms with E-state index >= 15 is 0 Å². The van der Waals surface area contributed by atoms with Crippen LogP contribution in [0.25, 0.3) is 0 Å². The molecule has 0 bridgehead atoms. The Bertz CT molecular complexity index is 504. The van der Waals surface area contributed by atoms with E-state index in [1.54, 1.807) is 11.5 Å². The van der Waals surface area contributed by atoms with E-state index in [1.165, 1.54) is 27.7 Å². The summed E-state index contributed by atoms with van der Waals surface area (Å²) in [4.78, 5) is 1.36. The number of rotatable bonds is 3. The maximum atomic E-state index is 4.60. The lowest BCUT2D eigenvalue weighted by molar-refractivity contribution is 0.517. The van der Waals surface area contributed by atoms with Crippen LogP contribution < -0.4 is 0 Å². The third-order valence-corrected chi connectivity index (χ3v) is 4.97. The molecule has 0 fully saturated rings. The Kier molecular flexibility index (Phi) is 3.60. The van der Waals surface area contributed by atoms with E-state index in [2.05, 4.69) is 54.8 Å². The maximum Gasteiger partial charge on any atom is 0.0553 e. The van der Waals surface area contributed by atoms with Gasteiger partial charge >= 0.3 is 0 Å². The summed E-state index contributed by atoms with van der Waals surface area (Å²) >= 11 is 3.15. The second-order valence-corrected chi connectivity index (χ2v) is 7.87. The van der Waals surface area contributed by atoms with Gasteiger partial charge in [0.2, 0.25) is 0 Å². The number of nitrogens with zero attached hydrogens (tertiary/aromatic N) is 2. The second kappa shape index (κ2) is 4.74. The SMILES string of the molecule is CC(C)(C)c1cc(CC(C)(C)c2cnsc2)ns1. The van der Waals surface area contributed by atoms with Gasteiger partial charge < -0.3 is 0 Å².